The van der Waals surface area contributed by atoms with E-state index in [9.17, 15) is 4.79 Å². The molecule has 0 fully saturated rings. The van der Waals surface area contributed by atoms with E-state index < -0.39 is 0 Å². The summed E-state index contributed by atoms with van der Waals surface area (Å²) in [5.74, 6) is 0.747. The van der Waals surface area contributed by atoms with E-state index in [1.54, 1.807) is 0 Å². The summed E-state index contributed by atoms with van der Waals surface area (Å²) in [6, 6.07) is 14.2. The fraction of sp³-hybridized carbons (Fsp3) is 0.286. The van der Waals surface area contributed by atoms with Gasteiger partial charge in [-0.15, -0.1) is 10.2 Å². The van der Waals surface area contributed by atoms with Gasteiger partial charge in [-0.1, -0.05) is 47.7 Å². The molecule has 1 amide bonds. The Bertz CT molecular complexity index is 943. The number of anilines is 1. The number of aromatic nitrogens is 3. The van der Waals surface area contributed by atoms with Crippen LogP contribution >= 0.6 is 11.8 Å². The van der Waals surface area contributed by atoms with Gasteiger partial charge >= 0.3 is 0 Å². The lowest BCUT2D eigenvalue weighted by Gasteiger charge is -2.16. The minimum atomic E-state index is -0.309. The maximum Gasteiger partial charge on any atom is 0.237 e. The van der Waals surface area contributed by atoms with Crippen LogP contribution in [0.15, 0.2) is 47.6 Å². The van der Waals surface area contributed by atoms with Crippen molar-refractivity contribution in [2.45, 2.75) is 45.0 Å². The van der Waals surface area contributed by atoms with Crippen molar-refractivity contribution >= 4 is 23.4 Å². The van der Waals surface area contributed by atoms with Gasteiger partial charge in [-0.05, 0) is 57.9 Å². The summed E-state index contributed by atoms with van der Waals surface area (Å²) in [5.41, 5.74) is 5.18. The first kappa shape index (κ1) is 19.2. The average Bonchev–Trinajstić information content (AvgIpc) is 2.99. The van der Waals surface area contributed by atoms with E-state index in [1.165, 1.54) is 17.3 Å². The van der Waals surface area contributed by atoms with Crippen molar-refractivity contribution in [3.8, 4) is 5.69 Å². The number of aryl methyl sites for hydroxylation is 4. The number of rotatable bonds is 5. The summed E-state index contributed by atoms with van der Waals surface area (Å²) in [6.45, 7) is 9.85. The molecule has 3 rings (SSSR count). The highest BCUT2D eigenvalue weighted by Crippen LogP contribution is 2.27. The Morgan fingerprint density at radius 3 is 2.26 bits per heavy atom. The highest BCUT2D eigenvalue weighted by atomic mass is 32.2. The number of hydrogen-bond donors (Lipinski definition) is 1. The van der Waals surface area contributed by atoms with Crippen LogP contribution in [0.3, 0.4) is 0 Å². The zero-order chi connectivity index (χ0) is 19.6. The highest BCUT2D eigenvalue weighted by molar-refractivity contribution is 8.00. The Morgan fingerprint density at radius 1 is 1.00 bits per heavy atom. The lowest BCUT2D eigenvalue weighted by atomic mass is 10.1. The minimum absolute atomic E-state index is 0.0477. The van der Waals surface area contributed by atoms with E-state index in [2.05, 4.69) is 34.6 Å². The molecule has 6 heteroatoms. The molecule has 1 heterocycles. The lowest BCUT2D eigenvalue weighted by Crippen LogP contribution is -2.23. The molecule has 2 aromatic carbocycles. The molecule has 0 spiro atoms. The van der Waals surface area contributed by atoms with Gasteiger partial charge < -0.3 is 5.32 Å². The van der Waals surface area contributed by atoms with Crippen LogP contribution in [0.4, 0.5) is 5.69 Å². The van der Waals surface area contributed by atoms with Crippen LogP contribution in [0, 0.1) is 27.7 Å². The van der Waals surface area contributed by atoms with Crippen molar-refractivity contribution in [1.82, 2.24) is 14.8 Å². The second-order valence-corrected chi connectivity index (χ2v) is 8.02. The van der Waals surface area contributed by atoms with Crippen LogP contribution in [0.25, 0.3) is 5.69 Å². The molecule has 5 nitrogen and oxygen atoms in total. The van der Waals surface area contributed by atoms with E-state index in [1.807, 2.05) is 62.6 Å². The Balaban J connectivity index is 1.79. The molecular weight excluding hydrogens is 356 g/mol. The van der Waals surface area contributed by atoms with Crippen molar-refractivity contribution in [3.05, 3.63) is 65.0 Å². The molecule has 1 atom stereocenters. The van der Waals surface area contributed by atoms with Gasteiger partial charge in [0.2, 0.25) is 5.91 Å². The summed E-state index contributed by atoms with van der Waals surface area (Å²) in [6.07, 6.45) is 0. The van der Waals surface area contributed by atoms with Crippen LogP contribution < -0.4 is 5.32 Å². The molecule has 1 N–H and O–H groups in total. The molecule has 0 saturated heterocycles. The Morgan fingerprint density at radius 2 is 1.63 bits per heavy atom. The molecule has 0 aliphatic rings. The molecule has 0 unspecified atom stereocenters. The van der Waals surface area contributed by atoms with Gasteiger partial charge in [0.25, 0.3) is 0 Å². The Hall–Kier alpha value is -2.60. The molecule has 140 valence electrons. The molecule has 0 bridgehead atoms. The Labute approximate surface area is 164 Å². The maximum atomic E-state index is 12.7. The molecule has 0 aliphatic heterocycles. The molecule has 1 aromatic heterocycles. The van der Waals surface area contributed by atoms with Gasteiger partial charge in [0.05, 0.1) is 5.25 Å². The fourth-order valence-electron chi connectivity index (χ4n) is 2.86. The van der Waals surface area contributed by atoms with Crippen molar-refractivity contribution in [2.24, 2.45) is 0 Å². The summed E-state index contributed by atoms with van der Waals surface area (Å²) >= 11 is 1.41. The highest BCUT2D eigenvalue weighted by Gasteiger charge is 2.21. The Kier molecular flexibility index (Phi) is 5.65. The molecular formula is C21H24N4OS. The van der Waals surface area contributed by atoms with Crippen molar-refractivity contribution < 1.29 is 4.79 Å². The van der Waals surface area contributed by atoms with Crippen molar-refractivity contribution in [1.29, 1.82) is 0 Å². The second-order valence-electron chi connectivity index (χ2n) is 6.72. The molecule has 0 aliphatic carbocycles. The van der Waals surface area contributed by atoms with Crippen LogP contribution in [0.2, 0.25) is 0 Å². The standard InChI is InChI=1S/C21H24N4OS/c1-13-9-11-18(12-10-13)25-17(5)23-24-21(25)27-16(4)20(26)22-19-14(2)7-6-8-15(19)3/h6-12,16H,1-5H3,(H,22,26)/t16-/m1/s1. The van der Waals surface area contributed by atoms with Gasteiger partial charge in [-0.25, -0.2) is 0 Å². The zero-order valence-corrected chi connectivity index (χ0v) is 17.1. The molecule has 3 aromatic rings. The number of hydrogen-bond acceptors (Lipinski definition) is 4. The normalized spacial score (nSPS) is 12.0. The van der Waals surface area contributed by atoms with Crippen molar-refractivity contribution in [2.75, 3.05) is 5.32 Å². The first-order chi connectivity index (χ1) is 12.9. The third-order valence-corrected chi connectivity index (χ3v) is 5.51. The van der Waals surface area contributed by atoms with Gasteiger partial charge in [0, 0.05) is 11.4 Å². The lowest BCUT2D eigenvalue weighted by molar-refractivity contribution is -0.115. The quantitative estimate of drug-likeness (QED) is 0.656. The summed E-state index contributed by atoms with van der Waals surface area (Å²) in [4.78, 5) is 12.7. The largest absolute Gasteiger partial charge is 0.325 e. The number of nitrogens with one attached hydrogen (secondary N) is 1. The SMILES string of the molecule is Cc1ccc(-n2c(C)nnc2S[C@H](C)C(=O)Nc2c(C)cccc2C)cc1. The van der Waals surface area contributed by atoms with Crippen LogP contribution in [-0.4, -0.2) is 25.9 Å². The van der Waals surface area contributed by atoms with Crippen LogP contribution in [0.1, 0.15) is 29.4 Å². The predicted molar refractivity (Wildman–Crippen MR) is 111 cm³/mol. The van der Waals surface area contributed by atoms with Gasteiger partial charge in [-0.2, -0.15) is 0 Å². The number of amides is 1. The average molecular weight is 381 g/mol. The molecule has 27 heavy (non-hydrogen) atoms. The number of carbonyl (C=O) groups is 1. The van der Waals surface area contributed by atoms with E-state index >= 15 is 0 Å². The summed E-state index contributed by atoms with van der Waals surface area (Å²) in [5, 5.41) is 11.9. The van der Waals surface area contributed by atoms with Crippen LogP contribution in [-0.2, 0) is 4.79 Å². The summed E-state index contributed by atoms with van der Waals surface area (Å²) < 4.78 is 1.98. The topological polar surface area (TPSA) is 59.8 Å². The van der Waals surface area contributed by atoms with Gasteiger partial charge in [0.15, 0.2) is 5.16 Å². The predicted octanol–water partition coefficient (Wildman–Crippen LogP) is 4.62. The monoisotopic (exact) mass is 380 g/mol. The maximum absolute atomic E-state index is 12.7. The number of para-hydroxylation sites is 1. The third-order valence-electron chi connectivity index (χ3n) is 4.47. The van der Waals surface area contributed by atoms with E-state index in [0.29, 0.717) is 5.16 Å². The fourth-order valence-corrected chi connectivity index (χ4v) is 3.77. The number of benzene rings is 2. The minimum Gasteiger partial charge on any atom is -0.325 e. The smallest absolute Gasteiger partial charge is 0.237 e. The molecule has 0 saturated carbocycles. The number of nitrogens with zero attached hydrogens (tertiary/aromatic N) is 3. The van der Waals surface area contributed by atoms with E-state index in [4.69, 9.17) is 0 Å². The van der Waals surface area contributed by atoms with E-state index in [0.717, 1.165) is 28.3 Å². The van der Waals surface area contributed by atoms with Gasteiger partial charge in [0.1, 0.15) is 5.82 Å². The first-order valence-corrected chi connectivity index (χ1v) is 9.77. The number of carbonyl (C=O) groups excluding carboxylic acids is 1. The third kappa shape index (κ3) is 4.22. The second kappa shape index (κ2) is 7.96. The zero-order valence-electron chi connectivity index (χ0n) is 16.3. The number of thioether (sulfide) groups is 1. The van der Waals surface area contributed by atoms with Crippen LogP contribution in [0.5, 0.6) is 0 Å². The first-order valence-electron chi connectivity index (χ1n) is 8.89. The summed E-state index contributed by atoms with van der Waals surface area (Å²) in [7, 11) is 0. The van der Waals surface area contributed by atoms with E-state index in [-0.39, 0.29) is 11.2 Å². The molecule has 0 radical (unpaired) electrons. The van der Waals surface area contributed by atoms with Crippen molar-refractivity contribution in [3.63, 3.8) is 0 Å². The van der Waals surface area contributed by atoms with Gasteiger partial charge in [-0.3, -0.25) is 9.36 Å².